The number of nitrogens with zero attached hydrogens (tertiary/aromatic N) is 4. The van der Waals surface area contributed by atoms with Crippen molar-refractivity contribution in [3.8, 4) is 17.3 Å². The average Bonchev–Trinajstić information content (AvgIpc) is 3.32. The predicted molar refractivity (Wildman–Crippen MR) is 98.5 cm³/mol. The van der Waals surface area contributed by atoms with Crippen LogP contribution < -0.4 is 5.32 Å². The first-order valence-electron chi connectivity index (χ1n) is 8.34. The normalized spacial score (nSPS) is 16.8. The Morgan fingerprint density at radius 1 is 1.46 bits per heavy atom. The quantitative estimate of drug-likeness (QED) is 0.714. The Hall–Kier alpha value is -2.92. The van der Waals surface area contributed by atoms with Gasteiger partial charge in [0.05, 0.1) is 21.8 Å². The number of aromatic nitrogens is 2. The number of amides is 1. The van der Waals surface area contributed by atoms with Crippen LogP contribution in [-0.2, 0) is 4.79 Å². The Balaban J connectivity index is 1.57. The summed E-state index contributed by atoms with van der Waals surface area (Å²) in [5.41, 5.74) is 3.65. The van der Waals surface area contributed by atoms with Gasteiger partial charge in [0, 0.05) is 18.7 Å². The molecule has 0 saturated carbocycles. The Kier molecular flexibility index (Phi) is 4.09. The molecule has 8 heteroatoms. The van der Waals surface area contributed by atoms with Gasteiger partial charge in [-0.15, -0.1) is 0 Å². The minimum Gasteiger partial charge on any atom is -0.361 e. The molecule has 3 heterocycles. The van der Waals surface area contributed by atoms with Crippen LogP contribution in [0.2, 0.25) is 0 Å². The van der Waals surface area contributed by atoms with Crippen molar-refractivity contribution >= 4 is 32.6 Å². The molecule has 1 atom stereocenters. The molecule has 1 aromatic carbocycles. The van der Waals surface area contributed by atoms with Gasteiger partial charge in [-0.25, -0.2) is 4.98 Å². The van der Waals surface area contributed by atoms with Gasteiger partial charge in [0.2, 0.25) is 5.91 Å². The number of nitrogens with one attached hydrogen (secondary N) is 1. The summed E-state index contributed by atoms with van der Waals surface area (Å²) in [7, 11) is 0. The van der Waals surface area contributed by atoms with Crippen LogP contribution in [0.3, 0.4) is 0 Å². The number of carbonyl (C=O) groups is 1. The third kappa shape index (κ3) is 2.91. The highest BCUT2D eigenvalue weighted by Gasteiger charge is 2.28. The van der Waals surface area contributed by atoms with Gasteiger partial charge in [-0.1, -0.05) is 22.6 Å². The zero-order valence-corrected chi connectivity index (χ0v) is 15.3. The van der Waals surface area contributed by atoms with Crippen LogP contribution in [0.5, 0.6) is 0 Å². The monoisotopic (exact) mass is 367 g/mol. The second-order valence-corrected chi connectivity index (χ2v) is 7.45. The molecule has 2 aromatic heterocycles. The van der Waals surface area contributed by atoms with Crippen molar-refractivity contribution in [3.05, 3.63) is 29.7 Å². The maximum Gasteiger partial charge on any atom is 0.231 e. The molecule has 1 aliphatic heterocycles. The predicted octanol–water partition coefficient (Wildman–Crippen LogP) is 3.31. The van der Waals surface area contributed by atoms with Crippen molar-refractivity contribution in [2.24, 2.45) is 5.92 Å². The van der Waals surface area contributed by atoms with Gasteiger partial charge in [-0.3, -0.25) is 4.79 Å². The highest BCUT2D eigenvalue weighted by molar-refractivity contribution is 7.22. The standard InChI is InChI=1S/C18H17N5O2S/c1-10-16(11(2)25-22-10)12-3-4-15-14(7-12)20-18(26-15)21-17(24)13-5-6-23(8-13)9-19/h3-4,7,13H,5-6,8H2,1-2H3,(H,20,21,24)/t13-/m0/s1. The van der Waals surface area contributed by atoms with E-state index >= 15 is 0 Å². The molecular weight excluding hydrogens is 350 g/mol. The maximum absolute atomic E-state index is 12.4. The van der Waals surface area contributed by atoms with Crippen LogP contribution in [0, 0.1) is 31.2 Å². The highest BCUT2D eigenvalue weighted by atomic mass is 32.1. The molecule has 1 amide bonds. The van der Waals surface area contributed by atoms with Crippen LogP contribution >= 0.6 is 11.3 Å². The van der Waals surface area contributed by atoms with Crippen molar-refractivity contribution in [2.45, 2.75) is 20.3 Å². The molecule has 0 spiro atoms. The summed E-state index contributed by atoms with van der Waals surface area (Å²) in [6.45, 7) is 4.91. The van der Waals surface area contributed by atoms with E-state index in [4.69, 9.17) is 9.78 Å². The van der Waals surface area contributed by atoms with E-state index in [1.807, 2.05) is 32.0 Å². The van der Waals surface area contributed by atoms with Gasteiger partial charge in [0.25, 0.3) is 0 Å². The van der Waals surface area contributed by atoms with Crippen LogP contribution in [0.4, 0.5) is 5.13 Å². The van der Waals surface area contributed by atoms with Gasteiger partial charge >= 0.3 is 0 Å². The van der Waals surface area contributed by atoms with Gasteiger partial charge in [0.15, 0.2) is 11.3 Å². The smallest absolute Gasteiger partial charge is 0.231 e. The molecule has 0 unspecified atom stereocenters. The van der Waals surface area contributed by atoms with E-state index in [-0.39, 0.29) is 11.8 Å². The summed E-state index contributed by atoms with van der Waals surface area (Å²) in [4.78, 5) is 18.6. The zero-order valence-electron chi connectivity index (χ0n) is 14.4. The number of hydrogen-bond acceptors (Lipinski definition) is 7. The average molecular weight is 367 g/mol. The summed E-state index contributed by atoms with van der Waals surface area (Å²) >= 11 is 1.44. The molecule has 0 radical (unpaired) electrons. The lowest BCUT2D eigenvalue weighted by Crippen LogP contribution is -2.25. The molecule has 4 rings (SSSR count). The van der Waals surface area contributed by atoms with E-state index < -0.39 is 0 Å². The maximum atomic E-state index is 12.4. The summed E-state index contributed by atoms with van der Waals surface area (Å²) in [6.07, 6.45) is 2.79. The number of anilines is 1. The molecule has 0 aliphatic carbocycles. The third-order valence-electron chi connectivity index (χ3n) is 4.64. The lowest BCUT2D eigenvalue weighted by atomic mass is 10.0. The number of benzene rings is 1. The van der Waals surface area contributed by atoms with Gasteiger partial charge in [0.1, 0.15) is 5.76 Å². The van der Waals surface area contributed by atoms with E-state index in [1.165, 1.54) is 11.3 Å². The number of likely N-dealkylation sites (tertiary alicyclic amines) is 1. The molecule has 26 heavy (non-hydrogen) atoms. The second-order valence-electron chi connectivity index (χ2n) is 6.42. The van der Waals surface area contributed by atoms with Gasteiger partial charge in [-0.2, -0.15) is 5.26 Å². The van der Waals surface area contributed by atoms with E-state index in [9.17, 15) is 4.79 Å². The number of thiazole rings is 1. The first-order valence-corrected chi connectivity index (χ1v) is 9.16. The van der Waals surface area contributed by atoms with Crippen molar-refractivity contribution in [1.29, 1.82) is 5.26 Å². The van der Waals surface area contributed by atoms with Crippen molar-refractivity contribution in [2.75, 3.05) is 18.4 Å². The minimum absolute atomic E-state index is 0.0762. The van der Waals surface area contributed by atoms with Crippen LogP contribution in [0.15, 0.2) is 22.7 Å². The Morgan fingerprint density at radius 3 is 3.00 bits per heavy atom. The van der Waals surface area contributed by atoms with Gasteiger partial charge in [-0.05, 0) is 38.0 Å². The largest absolute Gasteiger partial charge is 0.361 e. The SMILES string of the molecule is Cc1noc(C)c1-c1ccc2sc(NC(=O)[C@H]3CCN(C#N)C3)nc2c1. The first kappa shape index (κ1) is 16.5. The summed E-state index contributed by atoms with van der Waals surface area (Å²) < 4.78 is 6.24. The van der Waals surface area contributed by atoms with Crippen molar-refractivity contribution in [1.82, 2.24) is 15.0 Å². The van der Waals surface area contributed by atoms with E-state index in [1.54, 1.807) is 4.90 Å². The fourth-order valence-electron chi connectivity index (χ4n) is 3.30. The van der Waals surface area contributed by atoms with Gasteiger partial charge < -0.3 is 14.7 Å². The number of hydrogen-bond donors (Lipinski definition) is 1. The molecule has 1 fully saturated rings. The van der Waals surface area contributed by atoms with Crippen molar-refractivity contribution in [3.63, 3.8) is 0 Å². The molecule has 3 aromatic rings. The Labute approximate surface area is 154 Å². The fourth-order valence-corrected chi connectivity index (χ4v) is 4.15. The van der Waals surface area contributed by atoms with E-state index in [0.29, 0.717) is 24.6 Å². The summed E-state index contributed by atoms with van der Waals surface area (Å²) in [5.74, 6) is 0.529. The van der Waals surface area contributed by atoms with Crippen molar-refractivity contribution < 1.29 is 9.32 Å². The number of nitriles is 1. The highest BCUT2D eigenvalue weighted by Crippen LogP contribution is 2.33. The summed E-state index contributed by atoms with van der Waals surface area (Å²) in [5, 5.41) is 16.4. The molecule has 1 N–H and O–H groups in total. The zero-order chi connectivity index (χ0) is 18.3. The number of carbonyl (C=O) groups excluding carboxylic acids is 1. The second kappa shape index (κ2) is 6.42. The summed E-state index contributed by atoms with van der Waals surface area (Å²) in [6, 6.07) is 6.00. The fraction of sp³-hybridized carbons (Fsp3) is 0.333. The van der Waals surface area contributed by atoms with E-state index in [0.717, 1.165) is 32.8 Å². The Bertz CT molecular complexity index is 1010. The third-order valence-corrected chi connectivity index (χ3v) is 5.59. The molecule has 1 saturated heterocycles. The number of aryl methyl sites for hydroxylation is 2. The van der Waals surface area contributed by atoms with E-state index in [2.05, 4.69) is 21.7 Å². The van der Waals surface area contributed by atoms with Crippen LogP contribution in [-0.4, -0.2) is 34.0 Å². The Morgan fingerprint density at radius 2 is 2.31 bits per heavy atom. The molecule has 7 nitrogen and oxygen atoms in total. The molecular formula is C18H17N5O2S. The molecule has 1 aliphatic rings. The molecule has 0 bridgehead atoms. The number of fused-ring (bicyclic) bond motifs is 1. The lowest BCUT2D eigenvalue weighted by molar-refractivity contribution is -0.119. The van der Waals surface area contributed by atoms with Crippen LogP contribution in [0.1, 0.15) is 17.9 Å². The van der Waals surface area contributed by atoms with Crippen LogP contribution in [0.25, 0.3) is 21.3 Å². The first-order chi connectivity index (χ1) is 12.5. The topological polar surface area (TPSA) is 95.0 Å². The minimum atomic E-state index is -0.167. The lowest BCUT2D eigenvalue weighted by Gasteiger charge is -2.08. The number of rotatable bonds is 3. The molecule has 132 valence electrons.